The Morgan fingerprint density at radius 1 is 1.17 bits per heavy atom. The zero-order chi connectivity index (χ0) is 19.6. The predicted molar refractivity (Wildman–Crippen MR) is 108 cm³/mol. The van der Waals surface area contributed by atoms with Crippen LogP contribution in [0.3, 0.4) is 0 Å². The number of carbonyl (C=O) groups excluding carboxylic acids is 1. The van der Waals surface area contributed by atoms with Crippen LogP contribution >= 0.6 is 11.3 Å². The number of ether oxygens (including phenoxy) is 2. The standard InChI is InChI=1S/C20H15N5O3S/c26-20(6-2-13-1-4-16-17(9-13)28-12-27-16)21-10-19-23-22-18-5-3-15(24-25(18)19)14-7-8-29-11-14/h1-9,11H,10,12H2,(H,21,26). The lowest BCUT2D eigenvalue weighted by atomic mass is 10.2. The average molecular weight is 405 g/mol. The highest BCUT2D eigenvalue weighted by Crippen LogP contribution is 2.32. The van der Waals surface area contributed by atoms with Crippen LogP contribution in [-0.2, 0) is 11.3 Å². The van der Waals surface area contributed by atoms with E-state index in [1.165, 1.54) is 6.08 Å². The van der Waals surface area contributed by atoms with E-state index in [9.17, 15) is 4.79 Å². The van der Waals surface area contributed by atoms with Gasteiger partial charge in [-0.2, -0.15) is 21.0 Å². The lowest BCUT2D eigenvalue weighted by Crippen LogP contribution is -2.22. The van der Waals surface area contributed by atoms with E-state index in [0.29, 0.717) is 23.0 Å². The van der Waals surface area contributed by atoms with Gasteiger partial charge in [0.15, 0.2) is 23.0 Å². The summed E-state index contributed by atoms with van der Waals surface area (Å²) in [4.78, 5) is 12.2. The molecule has 5 rings (SSSR count). The minimum Gasteiger partial charge on any atom is -0.454 e. The monoisotopic (exact) mass is 405 g/mol. The average Bonchev–Trinajstić information content (AvgIpc) is 3.50. The predicted octanol–water partition coefficient (Wildman–Crippen LogP) is 2.91. The van der Waals surface area contributed by atoms with Gasteiger partial charge in [-0.1, -0.05) is 6.07 Å². The Labute approximate surface area is 169 Å². The second-order valence-corrected chi connectivity index (χ2v) is 7.06. The Hall–Kier alpha value is -3.72. The fourth-order valence-corrected chi connectivity index (χ4v) is 3.57. The minimum absolute atomic E-state index is 0.214. The molecule has 1 aromatic carbocycles. The van der Waals surface area contributed by atoms with Crippen molar-refractivity contribution in [3.05, 3.63) is 64.6 Å². The van der Waals surface area contributed by atoms with Gasteiger partial charge < -0.3 is 14.8 Å². The number of carbonyl (C=O) groups is 1. The second kappa shape index (κ2) is 7.36. The highest BCUT2D eigenvalue weighted by atomic mass is 32.1. The molecule has 0 unspecified atom stereocenters. The summed E-state index contributed by atoms with van der Waals surface area (Å²) in [5, 5.41) is 19.7. The maximum atomic E-state index is 12.2. The molecule has 1 amide bonds. The first-order chi connectivity index (χ1) is 14.3. The van der Waals surface area contributed by atoms with Crippen LogP contribution in [0, 0.1) is 0 Å². The molecule has 0 fully saturated rings. The first-order valence-corrected chi connectivity index (χ1v) is 9.80. The normalized spacial score (nSPS) is 12.7. The van der Waals surface area contributed by atoms with Gasteiger partial charge in [0.2, 0.25) is 12.7 Å². The maximum Gasteiger partial charge on any atom is 0.244 e. The van der Waals surface area contributed by atoms with Crippen LogP contribution in [0.25, 0.3) is 23.0 Å². The maximum absolute atomic E-state index is 12.2. The van der Waals surface area contributed by atoms with Crippen LogP contribution < -0.4 is 14.8 Å². The number of hydrogen-bond donors (Lipinski definition) is 1. The molecular weight excluding hydrogens is 390 g/mol. The fraction of sp³-hybridized carbons (Fsp3) is 0.100. The van der Waals surface area contributed by atoms with Crippen LogP contribution in [0.2, 0.25) is 0 Å². The van der Waals surface area contributed by atoms with Gasteiger partial charge >= 0.3 is 0 Å². The Kier molecular flexibility index (Phi) is 4.41. The number of benzene rings is 1. The van der Waals surface area contributed by atoms with Crippen LogP contribution in [0.5, 0.6) is 11.5 Å². The van der Waals surface area contributed by atoms with Gasteiger partial charge in [-0.15, -0.1) is 10.2 Å². The first kappa shape index (κ1) is 17.4. The van der Waals surface area contributed by atoms with E-state index in [1.807, 2.05) is 47.2 Å². The topological polar surface area (TPSA) is 90.6 Å². The van der Waals surface area contributed by atoms with Crippen molar-refractivity contribution < 1.29 is 14.3 Å². The van der Waals surface area contributed by atoms with E-state index < -0.39 is 0 Å². The number of amides is 1. The molecule has 8 nitrogen and oxygen atoms in total. The largest absolute Gasteiger partial charge is 0.454 e. The van der Waals surface area contributed by atoms with Crippen molar-refractivity contribution in [2.45, 2.75) is 6.54 Å². The lowest BCUT2D eigenvalue weighted by Gasteiger charge is -2.03. The van der Waals surface area contributed by atoms with Gasteiger partial charge in [-0.25, -0.2) is 0 Å². The van der Waals surface area contributed by atoms with Gasteiger partial charge in [-0.3, -0.25) is 4.79 Å². The molecule has 0 radical (unpaired) electrons. The summed E-state index contributed by atoms with van der Waals surface area (Å²) in [6, 6.07) is 11.3. The molecule has 4 heterocycles. The first-order valence-electron chi connectivity index (χ1n) is 8.86. The Morgan fingerprint density at radius 2 is 2.10 bits per heavy atom. The molecule has 9 heteroatoms. The molecule has 4 aromatic rings. The van der Waals surface area contributed by atoms with E-state index in [2.05, 4.69) is 20.6 Å². The number of fused-ring (bicyclic) bond motifs is 2. The fourth-order valence-electron chi connectivity index (χ4n) is 2.92. The molecule has 0 saturated heterocycles. The Morgan fingerprint density at radius 3 is 3.00 bits per heavy atom. The van der Waals surface area contributed by atoms with Crippen molar-refractivity contribution in [1.82, 2.24) is 25.1 Å². The number of thiophene rings is 1. The zero-order valence-electron chi connectivity index (χ0n) is 15.1. The van der Waals surface area contributed by atoms with Crippen LogP contribution in [-0.4, -0.2) is 32.5 Å². The molecule has 29 heavy (non-hydrogen) atoms. The molecule has 0 saturated carbocycles. The van der Waals surface area contributed by atoms with Crippen LogP contribution in [0.15, 0.2) is 53.2 Å². The number of nitrogens with zero attached hydrogens (tertiary/aromatic N) is 4. The SMILES string of the molecule is O=C(C=Cc1ccc2c(c1)OCO2)NCc1nnc2ccc(-c3ccsc3)nn12. The van der Waals surface area contributed by atoms with E-state index in [1.54, 1.807) is 21.9 Å². The molecule has 1 aliphatic heterocycles. The highest BCUT2D eigenvalue weighted by molar-refractivity contribution is 7.08. The molecule has 1 aliphatic rings. The van der Waals surface area contributed by atoms with Crippen molar-refractivity contribution in [1.29, 1.82) is 0 Å². The molecule has 144 valence electrons. The van der Waals surface area contributed by atoms with Gasteiger partial charge in [0.05, 0.1) is 12.2 Å². The van der Waals surface area contributed by atoms with Gasteiger partial charge in [-0.05, 0) is 47.4 Å². The molecule has 3 aromatic heterocycles. The quantitative estimate of drug-likeness (QED) is 0.514. The van der Waals surface area contributed by atoms with Crippen molar-refractivity contribution in [2.24, 2.45) is 0 Å². The number of aromatic nitrogens is 4. The summed E-state index contributed by atoms with van der Waals surface area (Å²) in [7, 11) is 0. The van der Waals surface area contributed by atoms with Crippen molar-refractivity contribution in [3.8, 4) is 22.8 Å². The van der Waals surface area contributed by atoms with Gasteiger partial charge in [0, 0.05) is 17.0 Å². The van der Waals surface area contributed by atoms with E-state index in [0.717, 1.165) is 16.8 Å². The summed E-state index contributed by atoms with van der Waals surface area (Å²) in [5.41, 5.74) is 3.34. The molecule has 1 N–H and O–H groups in total. The van der Waals surface area contributed by atoms with Crippen molar-refractivity contribution in [3.63, 3.8) is 0 Å². The van der Waals surface area contributed by atoms with E-state index in [4.69, 9.17) is 9.47 Å². The summed E-state index contributed by atoms with van der Waals surface area (Å²) >= 11 is 1.61. The molecule has 0 aliphatic carbocycles. The van der Waals surface area contributed by atoms with Gasteiger partial charge in [0.25, 0.3) is 0 Å². The van der Waals surface area contributed by atoms with Crippen LogP contribution in [0.1, 0.15) is 11.4 Å². The van der Waals surface area contributed by atoms with Crippen molar-refractivity contribution in [2.75, 3.05) is 6.79 Å². The van der Waals surface area contributed by atoms with E-state index >= 15 is 0 Å². The Balaban J connectivity index is 1.27. The smallest absolute Gasteiger partial charge is 0.244 e. The second-order valence-electron chi connectivity index (χ2n) is 6.28. The summed E-state index contributed by atoms with van der Waals surface area (Å²) in [6.45, 7) is 0.434. The lowest BCUT2D eigenvalue weighted by molar-refractivity contribution is -0.116. The number of hydrogen-bond acceptors (Lipinski definition) is 7. The third-order valence-corrected chi connectivity index (χ3v) is 5.07. The summed E-state index contributed by atoms with van der Waals surface area (Å²) in [6.07, 6.45) is 3.18. The Bertz CT molecular complexity index is 1220. The van der Waals surface area contributed by atoms with Crippen LogP contribution in [0.4, 0.5) is 0 Å². The third kappa shape index (κ3) is 3.55. The molecule has 0 bridgehead atoms. The molecule has 0 atom stereocenters. The molecular formula is C20H15N5O3S. The van der Waals surface area contributed by atoms with E-state index in [-0.39, 0.29) is 19.2 Å². The zero-order valence-corrected chi connectivity index (χ0v) is 15.9. The highest BCUT2D eigenvalue weighted by Gasteiger charge is 2.13. The number of nitrogens with one attached hydrogen (secondary N) is 1. The number of rotatable bonds is 5. The minimum atomic E-state index is -0.242. The molecule has 0 spiro atoms. The van der Waals surface area contributed by atoms with Crippen molar-refractivity contribution >= 4 is 29.0 Å². The summed E-state index contributed by atoms with van der Waals surface area (Å²) < 4.78 is 12.3. The summed E-state index contributed by atoms with van der Waals surface area (Å²) in [5.74, 6) is 1.70. The van der Waals surface area contributed by atoms with Gasteiger partial charge in [0.1, 0.15) is 0 Å². The third-order valence-electron chi connectivity index (χ3n) is 4.39.